The molecule has 2 aromatic carbocycles. The van der Waals surface area contributed by atoms with Crippen LogP contribution in [-0.2, 0) is 19.1 Å². The first-order chi connectivity index (χ1) is 14.9. The van der Waals surface area contributed by atoms with Crippen molar-refractivity contribution in [1.82, 2.24) is 15.0 Å². The number of benzene rings is 2. The van der Waals surface area contributed by atoms with E-state index in [2.05, 4.69) is 30.9 Å². The molecule has 10 heteroatoms. The molecule has 0 fully saturated rings. The summed E-state index contributed by atoms with van der Waals surface area (Å²) in [6, 6.07) is 15.0. The van der Waals surface area contributed by atoms with Crippen molar-refractivity contribution < 1.29 is 18.3 Å². The zero-order valence-corrected chi connectivity index (χ0v) is 16.7. The van der Waals surface area contributed by atoms with E-state index in [0.717, 1.165) is 24.1 Å². The summed E-state index contributed by atoms with van der Waals surface area (Å²) in [5, 5.41) is 17.9. The Morgan fingerprint density at radius 3 is 2.00 bits per heavy atom. The molecule has 3 rings (SSSR count). The van der Waals surface area contributed by atoms with Gasteiger partial charge in [-0.1, -0.05) is 42.5 Å². The fourth-order valence-electron chi connectivity index (χ4n) is 2.78. The van der Waals surface area contributed by atoms with Gasteiger partial charge in [0.25, 0.3) is 0 Å². The normalized spacial score (nSPS) is 11.2. The molecule has 0 saturated carbocycles. The molecular formula is C21H23F3N6O. The van der Waals surface area contributed by atoms with Gasteiger partial charge in [0.1, 0.15) is 0 Å². The Kier molecular flexibility index (Phi) is 7.60. The fourth-order valence-corrected chi connectivity index (χ4v) is 2.78. The molecule has 0 bridgehead atoms. The van der Waals surface area contributed by atoms with Crippen molar-refractivity contribution in [3.05, 3.63) is 71.3 Å². The standard InChI is InChI=1S/C21H23F3N6O/c22-21(23,24)17-8-4-7-16(13-17)14-27-20-29-18(28-19(30-20)26-11-12-31)25-10-9-15-5-2-1-3-6-15/h1-8,13,31H,9-12,14H2,(H3,25,26,27,28,29,30). The highest BCUT2D eigenvalue weighted by Crippen LogP contribution is 2.29. The van der Waals surface area contributed by atoms with Gasteiger partial charge in [0.15, 0.2) is 0 Å². The predicted molar refractivity (Wildman–Crippen MR) is 113 cm³/mol. The Balaban J connectivity index is 1.67. The van der Waals surface area contributed by atoms with Crippen LogP contribution in [0.5, 0.6) is 0 Å². The number of aliphatic hydroxyl groups excluding tert-OH is 1. The molecule has 0 aliphatic carbocycles. The first-order valence-corrected chi connectivity index (χ1v) is 9.72. The van der Waals surface area contributed by atoms with Gasteiger partial charge in [0, 0.05) is 19.6 Å². The summed E-state index contributed by atoms with van der Waals surface area (Å²) >= 11 is 0. The van der Waals surface area contributed by atoms with Crippen LogP contribution < -0.4 is 16.0 Å². The van der Waals surface area contributed by atoms with Gasteiger partial charge in [0.2, 0.25) is 17.8 Å². The van der Waals surface area contributed by atoms with Crippen LogP contribution in [0.2, 0.25) is 0 Å². The van der Waals surface area contributed by atoms with Gasteiger partial charge in [-0.15, -0.1) is 0 Å². The summed E-state index contributed by atoms with van der Waals surface area (Å²) in [5.74, 6) is 0.769. The van der Waals surface area contributed by atoms with Gasteiger partial charge >= 0.3 is 6.18 Å². The van der Waals surface area contributed by atoms with Gasteiger partial charge in [-0.2, -0.15) is 28.1 Å². The number of aliphatic hydroxyl groups is 1. The van der Waals surface area contributed by atoms with E-state index >= 15 is 0 Å². The lowest BCUT2D eigenvalue weighted by molar-refractivity contribution is -0.137. The average molecular weight is 432 g/mol. The van der Waals surface area contributed by atoms with E-state index in [4.69, 9.17) is 5.11 Å². The zero-order valence-electron chi connectivity index (χ0n) is 16.7. The Morgan fingerprint density at radius 2 is 1.35 bits per heavy atom. The molecule has 4 N–H and O–H groups in total. The SMILES string of the molecule is OCCNc1nc(NCCc2ccccc2)nc(NCc2cccc(C(F)(F)F)c2)n1. The predicted octanol–water partition coefficient (Wildman–Crippen LogP) is 3.56. The molecular weight excluding hydrogens is 409 g/mol. The summed E-state index contributed by atoms with van der Waals surface area (Å²) in [6.45, 7) is 0.841. The first kappa shape index (κ1) is 22.3. The van der Waals surface area contributed by atoms with Gasteiger partial charge in [-0.25, -0.2) is 0 Å². The van der Waals surface area contributed by atoms with Crippen molar-refractivity contribution in [1.29, 1.82) is 0 Å². The monoisotopic (exact) mass is 432 g/mol. The third-order valence-electron chi connectivity index (χ3n) is 4.27. The molecule has 0 aliphatic rings. The Hall–Kier alpha value is -3.40. The van der Waals surface area contributed by atoms with Crippen molar-refractivity contribution in [3.8, 4) is 0 Å². The number of aromatic nitrogens is 3. The number of nitrogens with zero attached hydrogens (tertiary/aromatic N) is 3. The summed E-state index contributed by atoms with van der Waals surface area (Å²) in [6.07, 6.45) is -3.64. The summed E-state index contributed by atoms with van der Waals surface area (Å²) in [7, 11) is 0. The van der Waals surface area contributed by atoms with Gasteiger partial charge in [-0.05, 0) is 29.7 Å². The van der Waals surface area contributed by atoms with Crippen LogP contribution in [0.15, 0.2) is 54.6 Å². The van der Waals surface area contributed by atoms with Crippen LogP contribution in [0.3, 0.4) is 0 Å². The number of hydrogen-bond donors (Lipinski definition) is 4. The van der Waals surface area contributed by atoms with Crippen molar-refractivity contribution in [2.45, 2.75) is 19.1 Å². The van der Waals surface area contributed by atoms with Crippen LogP contribution in [0, 0.1) is 0 Å². The minimum Gasteiger partial charge on any atom is -0.395 e. The quantitative estimate of drug-likeness (QED) is 0.389. The average Bonchev–Trinajstić information content (AvgIpc) is 2.77. The van der Waals surface area contributed by atoms with E-state index in [1.807, 2.05) is 30.3 Å². The van der Waals surface area contributed by atoms with E-state index < -0.39 is 11.7 Å². The van der Waals surface area contributed by atoms with Crippen LogP contribution in [0.25, 0.3) is 0 Å². The summed E-state index contributed by atoms with van der Waals surface area (Å²) in [4.78, 5) is 12.8. The number of nitrogens with one attached hydrogen (secondary N) is 3. The molecule has 31 heavy (non-hydrogen) atoms. The zero-order chi connectivity index (χ0) is 22.1. The van der Waals surface area contributed by atoms with Crippen LogP contribution >= 0.6 is 0 Å². The maximum absolute atomic E-state index is 12.9. The van der Waals surface area contributed by atoms with E-state index in [1.165, 1.54) is 6.07 Å². The van der Waals surface area contributed by atoms with E-state index in [-0.39, 0.29) is 31.6 Å². The van der Waals surface area contributed by atoms with Gasteiger partial charge < -0.3 is 21.1 Å². The van der Waals surface area contributed by atoms with Crippen LogP contribution in [0.4, 0.5) is 31.0 Å². The minimum atomic E-state index is -4.40. The number of hydrogen-bond acceptors (Lipinski definition) is 7. The van der Waals surface area contributed by atoms with Gasteiger partial charge in [-0.3, -0.25) is 0 Å². The Labute approximate surface area is 177 Å². The van der Waals surface area contributed by atoms with E-state index in [9.17, 15) is 13.2 Å². The number of rotatable bonds is 10. The molecule has 1 heterocycles. The van der Waals surface area contributed by atoms with Crippen molar-refractivity contribution >= 4 is 17.8 Å². The topological polar surface area (TPSA) is 95.0 Å². The number of halogens is 3. The van der Waals surface area contributed by atoms with Gasteiger partial charge in [0.05, 0.1) is 12.2 Å². The molecule has 3 aromatic rings. The lowest BCUT2D eigenvalue weighted by Gasteiger charge is -2.12. The first-order valence-electron chi connectivity index (χ1n) is 9.72. The smallest absolute Gasteiger partial charge is 0.395 e. The van der Waals surface area contributed by atoms with Crippen LogP contribution in [0.1, 0.15) is 16.7 Å². The molecule has 1 aromatic heterocycles. The highest BCUT2D eigenvalue weighted by atomic mass is 19.4. The van der Waals surface area contributed by atoms with E-state index in [1.54, 1.807) is 6.07 Å². The summed E-state index contributed by atoms with van der Waals surface area (Å²) < 4.78 is 38.7. The van der Waals surface area contributed by atoms with Crippen molar-refractivity contribution in [2.75, 3.05) is 35.6 Å². The highest BCUT2D eigenvalue weighted by molar-refractivity contribution is 5.43. The highest BCUT2D eigenvalue weighted by Gasteiger charge is 2.30. The molecule has 7 nitrogen and oxygen atoms in total. The number of anilines is 3. The maximum Gasteiger partial charge on any atom is 0.416 e. The molecule has 0 atom stereocenters. The Bertz CT molecular complexity index is 969. The third-order valence-corrected chi connectivity index (χ3v) is 4.27. The van der Waals surface area contributed by atoms with Crippen LogP contribution in [-0.4, -0.2) is 39.8 Å². The molecule has 0 spiro atoms. The molecule has 0 radical (unpaired) electrons. The second-order valence-electron chi connectivity index (χ2n) is 6.67. The summed E-state index contributed by atoms with van der Waals surface area (Å²) in [5.41, 5.74) is 0.889. The largest absolute Gasteiger partial charge is 0.416 e. The molecule has 0 aliphatic heterocycles. The minimum absolute atomic E-state index is 0.102. The lowest BCUT2D eigenvalue weighted by Crippen LogP contribution is -2.15. The maximum atomic E-state index is 12.9. The van der Waals surface area contributed by atoms with Crippen molar-refractivity contribution in [2.24, 2.45) is 0 Å². The number of alkyl halides is 3. The Morgan fingerprint density at radius 1 is 0.742 bits per heavy atom. The second kappa shape index (κ2) is 10.6. The van der Waals surface area contributed by atoms with E-state index in [0.29, 0.717) is 18.1 Å². The van der Waals surface area contributed by atoms with Crippen molar-refractivity contribution in [3.63, 3.8) is 0 Å². The molecule has 0 saturated heterocycles. The lowest BCUT2D eigenvalue weighted by atomic mass is 10.1. The third kappa shape index (κ3) is 7.10. The molecule has 0 amide bonds. The second-order valence-corrected chi connectivity index (χ2v) is 6.67. The fraction of sp³-hybridized carbons (Fsp3) is 0.286. The molecule has 0 unspecified atom stereocenters. The molecule has 164 valence electrons.